The van der Waals surface area contributed by atoms with Gasteiger partial charge in [-0.15, -0.1) is 0 Å². The second-order valence-electron chi connectivity index (χ2n) is 5.37. The van der Waals surface area contributed by atoms with Crippen LogP contribution in [0, 0.1) is 0 Å². The Morgan fingerprint density at radius 3 is 2.65 bits per heavy atom. The molecule has 0 unspecified atom stereocenters. The number of benzene rings is 1. The number of anilines is 1. The van der Waals surface area contributed by atoms with Gasteiger partial charge in [0.25, 0.3) is 0 Å². The Labute approximate surface area is 145 Å². The van der Waals surface area contributed by atoms with E-state index in [2.05, 4.69) is 10.1 Å². The maximum absolute atomic E-state index is 13.0. The van der Waals surface area contributed by atoms with Gasteiger partial charge in [0.15, 0.2) is 5.58 Å². The number of ether oxygens (including phenoxy) is 1. The minimum absolute atomic E-state index is 0.0566. The minimum Gasteiger partial charge on any atom is -0.464 e. The van der Waals surface area contributed by atoms with Crippen LogP contribution in [0.4, 0.5) is 18.9 Å². The predicted octanol–water partition coefficient (Wildman–Crippen LogP) is 3.68. The average Bonchev–Trinajstić information content (AvgIpc) is 3.16. The Hall–Kier alpha value is -3.23. The van der Waals surface area contributed by atoms with Gasteiger partial charge in [0.05, 0.1) is 30.1 Å². The third-order valence-electron chi connectivity index (χ3n) is 3.73. The fraction of sp³-hybridized carbons (Fsp3) is 0.176. The second-order valence-corrected chi connectivity index (χ2v) is 5.37. The molecule has 0 bridgehead atoms. The van der Waals surface area contributed by atoms with Crippen LogP contribution in [-0.2, 0) is 22.3 Å². The number of aromatic nitrogens is 1. The van der Waals surface area contributed by atoms with Gasteiger partial charge in [-0.1, -0.05) is 12.1 Å². The number of nitrogens with one attached hydrogen (secondary N) is 1. The van der Waals surface area contributed by atoms with Crippen LogP contribution in [-0.4, -0.2) is 23.6 Å². The van der Waals surface area contributed by atoms with Crippen LogP contribution >= 0.6 is 0 Å². The number of alkyl halides is 3. The van der Waals surface area contributed by atoms with Crippen LogP contribution < -0.4 is 5.32 Å². The molecule has 1 amide bonds. The molecule has 26 heavy (non-hydrogen) atoms. The molecule has 9 heteroatoms. The summed E-state index contributed by atoms with van der Waals surface area (Å²) in [4.78, 5) is 24.2. The lowest BCUT2D eigenvalue weighted by molar-refractivity contribution is -0.137. The molecule has 1 aromatic carbocycles. The molecule has 2 aromatic heterocycles. The number of para-hydroxylation sites is 1. The number of furan rings is 1. The number of nitrogens with zero attached hydrogens (tertiary/aromatic N) is 1. The van der Waals surface area contributed by atoms with Crippen LogP contribution in [0.15, 0.2) is 47.1 Å². The monoisotopic (exact) mass is 366 g/mol. The van der Waals surface area contributed by atoms with E-state index >= 15 is 0 Å². The van der Waals surface area contributed by atoms with Crippen LogP contribution in [0.1, 0.15) is 16.1 Å². The van der Waals surface area contributed by atoms with Gasteiger partial charge >= 0.3 is 12.1 Å². The van der Waals surface area contributed by atoms with Crippen molar-refractivity contribution < 1.29 is 31.9 Å². The molecule has 0 spiro atoms. The Morgan fingerprint density at radius 2 is 1.96 bits per heavy atom. The highest BCUT2D eigenvalue weighted by Crippen LogP contribution is 2.34. The van der Waals surface area contributed by atoms with Gasteiger partial charge in [-0.25, -0.2) is 4.79 Å². The summed E-state index contributed by atoms with van der Waals surface area (Å²) in [6.45, 7) is -0.389. The second kappa shape index (κ2) is 6.58. The topological polar surface area (TPSA) is 73.5 Å². The van der Waals surface area contributed by atoms with E-state index in [1.165, 1.54) is 36.1 Å². The molecule has 0 fully saturated rings. The van der Waals surface area contributed by atoms with Crippen LogP contribution in [0.25, 0.3) is 11.1 Å². The van der Waals surface area contributed by atoms with E-state index in [-0.39, 0.29) is 17.9 Å². The molecule has 1 N–H and O–H groups in total. The molecule has 0 aliphatic carbocycles. The van der Waals surface area contributed by atoms with Crippen molar-refractivity contribution in [3.05, 3.63) is 53.9 Å². The SMILES string of the molecule is COC(=O)c1cc2occc2n1CC(=O)Nc1ccccc1C(F)(F)F. The van der Waals surface area contributed by atoms with E-state index in [0.29, 0.717) is 11.1 Å². The number of halogens is 3. The zero-order valence-electron chi connectivity index (χ0n) is 13.5. The van der Waals surface area contributed by atoms with E-state index in [0.717, 1.165) is 12.1 Å². The zero-order chi connectivity index (χ0) is 18.9. The van der Waals surface area contributed by atoms with E-state index in [1.807, 2.05) is 0 Å². The number of hydrogen-bond acceptors (Lipinski definition) is 4. The summed E-state index contributed by atoms with van der Waals surface area (Å²) in [7, 11) is 1.18. The standard InChI is InChI=1S/C17H13F3N2O4/c1-25-16(24)13-8-14-12(6-7-26-14)22(13)9-15(23)21-11-5-3-2-4-10(11)17(18,19)20/h2-8H,9H2,1H3,(H,21,23). The molecule has 3 rings (SSSR count). The number of esters is 1. The molecule has 0 aliphatic rings. The van der Waals surface area contributed by atoms with Crippen molar-refractivity contribution in [1.82, 2.24) is 4.57 Å². The fourth-order valence-electron chi connectivity index (χ4n) is 2.59. The van der Waals surface area contributed by atoms with Gasteiger partial charge in [0.2, 0.25) is 5.91 Å². The molecule has 0 aliphatic heterocycles. The van der Waals surface area contributed by atoms with Crippen LogP contribution in [0.2, 0.25) is 0 Å². The Morgan fingerprint density at radius 1 is 1.23 bits per heavy atom. The van der Waals surface area contributed by atoms with Gasteiger partial charge in [0, 0.05) is 12.1 Å². The number of carbonyl (C=O) groups excluding carboxylic acids is 2. The van der Waals surface area contributed by atoms with Gasteiger partial charge in [0.1, 0.15) is 12.2 Å². The highest BCUT2D eigenvalue weighted by atomic mass is 19.4. The van der Waals surface area contributed by atoms with Gasteiger partial charge in [-0.2, -0.15) is 13.2 Å². The molecule has 0 atom stereocenters. The van der Waals surface area contributed by atoms with E-state index in [4.69, 9.17) is 4.42 Å². The summed E-state index contributed by atoms with van der Waals surface area (Å²) in [6.07, 6.45) is -3.23. The van der Waals surface area contributed by atoms with Crippen molar-refractivity contribution in [3.8, 4) is 0 Å². The number of hydrogen-bond donors (Lipinski definition) is 1. The number of amides is 1. The van der Waals surface area contributed by atoms with E-state index in [9.17, 15) is 22.8 Å². The molecule has 2 heterocycles. The first-order valence-electron chi connectivity index (χ1n) is 7.42. The summed E-state index contributed by atoms with van der Waals surface area (Å²) in [5.74, 6) is -1.43. The van der Waals surface area contributed by atoms with Crippen molar-refractivity contribution in [1.29, 1.82) is 0 Å². The lowest BCUT2D eigenvalue weighted by atomic mass is 10.1. The van der Waals surface area contributed by atoms with Crippen LogP contribution in [0.3, 0.4) is 0 Å². The first-order chi connectivity index (χ1) is 12.3. The number of rotatable bonds is 4. The summed E-state index contributed by atoms with van der Waals surface area (Å²) in [6, 6.07) is 7.59. The number of methoxy groups -OCH3 is 1. The maximum Gasteiger partial charge on any atom is 0.418 e. The smallest absolute Gasteiger partial charge is 0.418 e. The first-order valence-corrected chi connectivity index (χ1v) is 7.42. The summed E-state index contributed by atoms with van der Waals surface area (Å²) < 4.78 is 50.2. The maximum atomic E-state index is 13.0. The quantitative estimate of drug-likeness (QED) is 0.715. The number of carbonyl (C=O) groups is 2. The van der Waals surface area contributed by atoms with Gasteiger partial charge < -0.3 is 19.0 Å². The molecule has 0 saturated heterocycles. The lowest BCUT2D eigenvalue weighted by Gasteiger charge is -2.14. The third-order valence-corrected chi connectivity index (χ3v) is 3.73. The third kappa shape index (κ3) is 3.28. The molecule has 6 nitrogen and oxygen atoms in total. The highest BCUT2D eigenvalue weighted by Gasteiger charge is 2.33. The summed E-state index contributed by atoms with van der Waals surface area (Å²) in [5.41, 5.74) is -0.456. The molecular weight excluding hydrogens is 353 g/mol. The zero-order valence-corrected chi connectivity index (χ0v) is 13.5. The first kappa shape index (κ1) is 17.6. The minimum atomic E-state index is -4.60. The van der Waals surface area contributed by atoms with Crippen molar-refractivity contribution >= 4 is 28.7 Å². The molecule has 3 aromatic rings. The summed E-state index contributed by atoms with van der Waals surface area (Å²) in [5, 5.41) is 2.23. The predicted molar refractivity (Wildman–Crippen MR) is 85.6 cm³/mol. The van der Waals surface area contributed by atoms with Crippen molar-refractivity contribution in [2.75, 3.05) is 12.4 Å². The number of fused-ring (bicyclic) bond motifs is 1. The highest BCUT2D eigenvalue weighted by molar-refractivity contribution is 5.97. The Kier molecular flexibility index (Phi) is 4.45. The van der Waals surface area contributed by atoms with Crippen molar-refractivity contribution in [3.63, 3.8) is 0 Å². The molecule has 0 saturated carbocycles. The molecule has 0 radical (unpaired) electrons. The average molecular weight is 366 g/mol. The molecule has 136 valence electrons. The van der Waals surface area contributed by atoms with Crippen molar-refractivity contribution in [2.45, 2.75) is 12.7 Å². The van der Waals surface area contributed by atoms with Gasteiger partial charge in [-0.3, -0.25) is 4.79 Å². The normalized spacial score (nSPS) is 11.5. The fourth-order valence-corrected chi connectivity index (χ4v) is 2.59. The molecular formula is C17H13F3N2O4. The van der Waals surface area contributed by atoms with E-state index in [1.54, 1.807) is 6.07 Å². The van der Waals surface area contributed by atoms with Crippen molar-refractivity contribution in [2.24, 2.45) is 0 Å². The largest absolute Gasteiger partial charge is 0.464 e. The van der Waals surface area contributed by atoms with Crippen LogP contribution in [0.5, 0.6) is 0 Å². The summed E-state index contributed by atoms with van der Waals surface area (Å²) >= 11 is 0. The Balaban J connectivity index is 1.89. The van der Waals surface area contributed by atoms with Gasteiger partial charge in [-0.05, 0) is 12.1 Å². The van der Waals surface area contributed by atoms with E-state index < -0.39 is 23.6 Å². The lowest BCUT2D eigenvalue weighted by Crippen LogP contribution is -2.23. The Bertz CT molecular complexity index is 972.